The van der Waals surface area contributed by atoms with E-state index in [1.54, 1.807) is 6.08 Å². The Hall–Kier alpha value is -1.84. The Morgan fingerprint density at radius 1 is 1.56 bits per heavy atom. The third-order valence-electron chi connectivity index (χ3n) is 2.27. The van der Waals surface area contributed by atoms with Gasteiger partial charge in [-0.15, -0.1) is 0 Å². The molecule has 1 atom stereocenters. The molecular weight excluding hydrogens is 204 g/mol. The lowest BCUT2D eigenvalue weighted by molar-refractivity contribution is -0.134. The first-order valence-electron chi connectivity index (χ1n) is 5.23. The molecule has 4 heteroatoms. The van der Waals surface area contributed by atoms with Crippen molar-refractivity contribution in [2.45, 2.75) is 25.8 Å². The predicted molar refractivity (Wildman–Crippen MR) is 62.4 cm³/mol. The molecule has 1 fully saturated rings. The summed E-state index contributed by atoms with van der Waals surface area (Å²) in [4.78, 5) is 22.4. The van der Waals surface area contributed by atoms with Gasteiger partial charge in [-0.1, -0.05) is 18.7 Å². The number of carbonyl (C=O) groups excluding carboxylic acids is 2. The van der Waals surface area contributed by atoms with Gasteiger partial charge in [0, 0.05) is 12.1 Å². The molecule has 1 unspecified atom stereocenters. The van der Waals surface area contributed by atoms with E-state index in [9.17, 15) is 9.59 Å². The van der Waals surface area contributed by atoms with E-state index < -0.39 is 0 Å². The second kappa shape index (κ2) is 5.90. The van der Waals surface area contributed by atoms with Crippen LogP contribution in [0.25, 0.3) is 0 Å². The standard InChI is InChI=1S/C12H16N2O2/c1-3-5-6-9(4-2)13-10-7-8-11(15)14-12(10)16/h3-6,10,13H,2,7-8H2,1H3,(H,14,15,16)/b5-3-,9-6+. The zero-order chi connectivity index (χ0) is 12.0. The molecule has 2 N–H and O–H groups in total. The summed E-state index contributed by atoms with van der Waals surface area (Å²) in [6.07, 6.45) is 8.11. The van der Waals surface area contributed by atoms with E-state index in [0.717, 1.165) is 5.70 Å². The van der Waals surface area contributed by atoms with Gasteiger partial charge in [0.25, 0.3) is 0 Å². The van der Waals surface area contributed by atoms with Gasteiger partial charge < -0.3 is 5.32 Å². The van der Waals surface area contributed by atoms with Crippen molar-refractivity contribution >= 4 is 11.8 Å². The van der Waals surface area contributed by atoms with Crippen LogP contribution in [0.4, 0.5) is 0 Å². The van der Waals surface area contributed by atoms with E-state index in [1.807, 2.05) is 25.2 Å². The van der Waals surface area contributed by atoms with Crippen LogP contribution in [0.1, 0.15) is 19.8 Å². The first-order valence-corrected chi connectivity index (χ1v) is 5.23. The number of hydrogen-bond donors (Lipinski definition) is 2. The molecule has 1 heterocycles. The van der Waals surface area contributed by atoms with Gasteiger partial charge in [0.2, 0.25) is 11.8 Å². The maximum Gasteiger partial charge on any atom is 0.249 e. The minimum atomic E-state index is -0.354. The summed E-state index contributed by atoms with van der Waals surface area (Å²) in [6.45, 7) is 5.56. The van der Waals surface area contributed by atoms with Crippen LogP contribution < -0.4 is 10.6 Å². The molecule has 4 nitrogen and oxygen atoms in total. The van der Waals surface area contributed by atoms with Crippen LogP contribution in [0.3, 0.4) is 0 Å². The maximum atomic E-state index is 11.5. The summed E-state index contributed by atoms with van der Waals surface area (Å²) in [6, 6.07) is -0.354. The number of hydrogen-bond acceptors (Lipinski definition) is 3. The third kappa shape index (κ3) is 3.38. The molecule has 1 aliphatic rings. The summed E-state index contributed by atoms with van der Waals surface area (Å²) >= 11 is 0. The van der Waals surface area contributed by atoms with Crippen LogP contribution in [0.15, 0.2) is 36.6 Å². The van der Waals surface area contributed by atoms with E-state index >= 15 is 0 Å². The molecule has 16 heavy (non-hydrogen) atoms. The number of imide groups is 1. The highest BCUT2D eigenvalue weighted by Crippen LogP contribution is 2.06. The highest BCUT2D eigenvalue weighted by Gasteiger charge is 2.26. The monoisotopic (exact) mass is 220 g/mol. The Labute approximate surface area is 95.1 Å². The van der Waals surface area contributed by atoms with E-state index in [-0.39, 0.29) is 17.9 Å². The van der Waals surface area contributed by atoms with Crippen molar-refractivity contribution in [1.82, 2.24) is 10.6 Å². The van der Waals surface area contributed by atoms with Gasteiger partial charge in [-0.2, -0.15) is 0 Å². The first kappa shape index (κ1) is 12.2. The number of amides is 2. The van der Waals surface area contributed by atoms with Gasteiger partial charge in [-0.25, -0.2) is 0 Å². The average molecular weight is 220 g/mol. The Morgan fingerprint density at radius 2 is 2.31 bits per heavy atom. The highest BCUT2D eigenvalue weighted by atomic mass is 16.2. The Bertz CT molecular complexity index is 356. The zero-order valence-corrected chi connectivity index (χ0v) is 9.32. The minimum Gasteiger partial charge on any atom is -0.374 e. The lowest BCUT2D eigenvalue weighted by Gasteiger charge is -2.23. The fraction of sp³-hybridized carbons (Fsp3) is 0.333. The van der Waals surface area contributed by atoms with Crippen LogP contribution in [0.2, 0.25) is 0 Å². The fourth-order valence-corrected chi connectivity index (χ4v) is 1.41. The van der Waals surface area contributed by atoms with Crippen molar-refractivity contribution < 1.29 is 9.59 Å². The summed E-state index contributed by atoms with van der Waals surface area (Å²) in [5, 5.41) is 5.33. The molecule has 0 aromatic heterocycles. The summed E-state index contributed by atoms with van der Waals surface area (Å²) < 4.78 is 0. The number of nitrogens with one attached hydrogen (secondary N) is 2. The zero-order valence-electron chi connectivity index (χ0n) is 9.32. The van der Waals surface area contributed by atoms with E-state index in [2.05, 4.69) is 17.2 Å². The van der Waals surface area contributed by atoms with E-state index in [0.29, 0.717) is 12.8 Å². The second-order valence-corrected chi connectivity index (χ2v) is 3.50. The number of carbonyl (C=O) groups is 2. The molecule has 1 rings (SSSR count). The molecule has 2 amide bonds. The normalized spacial score (nSPS) is 22.1. The van der Waals surface area contributed by atoms with Crippen LogP contribution in [0, 0.1) is 0 Å². The van der Waals surface area contributed by atoms with Gasteiger partial charge >= 0.3 is 0 Å². The van der Waals surface area contributed by atoms with Crippen LogP contribution >= 0.6 is 0 Å². The molecule has 0 bridgehead atoms. The van der Waals surface area contributed by atoms with Gasteiger partial charge in [0.1, 0.15) is 6.04 Å². The Kier molecular flexibility index (Phi) is 4.51. The van der Waals surface area contributed by atoms with E-state index in [1.165, 1.54) is 0 Å². The molecule has 86 valence electrons. The van der Waals surface area contributed by atoms with E-state index in [4.69, 9.17) is 0 Å². The predicted octanol–water partition coefficient (Wildman–Crippen LogP) is 1.03. The van der Waals surface area contributed by atoms with Crippen molar-refractivity contribution in [3.63, 3.8) is 0 Å². The number of piperidine rings is 1. The lowest BCUT2D eigenvalue weighted by Crippen LogP contribution is -2.50. The summed E-state index contributed by atoms with van der Waals surface area (Å²) in [5.74, 6) is -0.481. The van der Waals surface area contributed by atoms with Crippen LogP contribution in [-0.4, -0.2) is 17.9 Å². The molecule has 1 saturated heterocycles. The molecule has 0 radical (unpaired) electrons. The van der Waals surface area contributed by atoms with Gasteiger partial charge in [0.15, 0.2) is 0 Å². The van der Waals surface area contributed by atoms with Crippen molar-refractivity contribution in [2.24, 2.45) is 0 Å². The molecule has 0 saturated carbocycles. The Morgan fingerprint density at radius 3 is 2.88 bits per heavy atom. The number of allylic oxidation sites excluding steroid dienone is 4. The minimum absolute atomic E-state index is 0.208. The molecule has 0 aromatic rings. The molecule has 0 aromatic carbocycles. The number of rotatable bonds is 4. The molecular formula is C12H16N2O2. The topological polar surface area (TPSA) is 58.2 Å². The SMILES string of the molecule is C=C/C(=C\C=C/C)NC1CCC(=O)NC1=O. The lowest BCUT2D eigenvalue weighted by atomic mass is 10.1. The highest BCUT2D eigenvalue weighted by molar-refractivity contribution is 6.00. The molecule has 1 aliphatic heterocycles. The maximum absolute atomic E-state index is 11.5. The van der Waals surface area contributed by atoms with Gasteiger partial charge in [0.05, 0.1) is 0 Å². The average Bonchev–Trinajstić information content (AvgIpc) is 2.27. The fourth-order valence-electron chi connectivity index (χ4n) is 1.41. The van der Waals surface area contributed by atoms with Crippen LogP contribution in [0.5, 0.6) is 0 Å². The third-order valence-corrected chi connectivity index (χ3v) is 2.27. The molecule has 0 spiro atoms. The largest absolute Gasteiger partial charge is 0.374 e. The Balaban J connectivity index is 2.62. The van der Waals surface area contributed by atoms with Crippen molar-refractivity contribution in [2.75, 3.05) is 0 Å². The smallest absolute Gasteiger partial charge is 0.249 e. The van der Waals surface area contributed by atoms with Crippen molar-refractivity contribution in [3.05, 3.63) is 36.6 Å². The van der Waals surface area contributed by atoms with Crippen molar-refractivity contribution in [3.8, 4) is 0 Å². The van der Waals surface area contributed by atoms with Crippen molar-refractivity contribution in [1.29, 1.82) is 0 Å². The quantitative estimate of drug-likeness (QED) is 0.549. The summed E-state index contributed by atoms with van der Waals surface area (Å²) in [5.41, 5.74) is 0.771. The first-order chi connectivity index (χ1) is 7.67. The van der Waals surface area contributed by atoms with Gasteiger partial charge in [-0.3, -0.25) is 14.9 Å². The summed E-state index contributed by atoms with van der Waals surface area (Å²) in [7, 11) is 0. The van der Waals surface area contributed by atoms with Crippen LogP contribution in [-0.2, 0) is 9.59 Å². The molecule has 0 aliphatic carbocycles. The van der Waals surface area contributed by atoms with Gasteiger partial charge in [-0.05, 0) is 25.5 Å². The second-order valence-electron chi connectivity index (χ2n) is 3.50.